The Kier molecular flexibility index (Phi) is 5.09. The number of methoxy groups -OCH3 is 1. The lowest BCUT2D eigenvalue weighted by atomic mass is 9.82. The number of hydrogen-bond donors (Lipinski definition) is 1. The molecule has 1 aromatic heterocycles. The zero-order valence-electron chi connectivity index (χ0n) is 16.8. The molecule has 1 aromatic carbocycles. The first-order valence-electron chi connectivity index (χ1n) is 9.22. The Morgan fingerprint density at radius 1 is 1.43 bits per heavy atom. The minimum absolute atomic E-state index is 0.0187. The van der Waals surface area contributed by atoms with Crippen molar-refractivity contribution in [2.24, 2.45) is 15.2 Å². The molecular weight excluding hydrogens is 472 g/mol. The van der Waals surface area contributed by atoms with Crippen LogP contribution < -0.4 is 0 Å². The van der Waals surface area contributed by atoms with Crippen LogP contribution in [0.2, 0.25) is 0 Å². The number of hydrogen-bond acceptors (Lipinski definition) is 7. The van der Waals surface area contributed by atoms with E-state index in [4.69, 9.17) is 0 Å². The average Bonchev–Trinajstić information content (AvgIpc) is 3.15. The first-order chi connectivity index (χ1) is 14.1. The third-order valence-electron chi connectivity index (χ3n) is 5.24. The second kappa shape index (κ2) is 7.35. The maximum atomic E-state index is 12.0. The van der Waals surface area contributed by atoms with Gasteiger partial charge in [-0.15, -0.1) is 10.2 Å². The van der Waals surface area contributed by atoms with Gasteiger partial charge in [0.05, 0.1) is 17.5 Å². The molecule has 1 amide bonds. The topological polar surface area (TPSA) is 106 Å². The highest BCUT2D eigenvalue weighted by Gasteiger charge is 2.36. The van der Waals surface area contributed by atoms with Crippen LogP contribution >= 0.6 is 27.7 Å². The summed E-state index contributed by atoms with van der Waals surface area (Å²) in [5.41, 5.74) is 2.07. The smallest absolute Gasteiger partial charge is 0.331 e. The van der Waals surface area contributed by atoms with Crippen molar-refractivity contribution >= 4 is 61.3 Å². The number of halogens is 1. The van der Waals surface area contributed by atoms with E-state index in [0.717, 1.165) is 45.2 Å². The molecule has 4 rings (SSSR count). The van der Waals surface area contributed by atoms with Crippen LogP contribution in [-0.4, -0.2) is 33.8 Å². The van der Waals surface area contributed by atoms with E-state index in [2.05, 4.69) is 62.7 Å². The van der Waals surface area contributed by atoms with Gasteiger partial charge >= 0.3 is 5.97 Å². The average molecular weight is 491 g/mol. The number of carbonyl (C=O) groups is 2. The van der Waals surface area contributed by atoms with E-state index in [9.17, 15) is 14.7 Å². The van der Waals surface area contributed by atoms with Gasteiger partial charge in [-0.1, -0.05) is 22.9 Å². The van der Waals surface area contributed by atoms with Gasteiger partial charge in [0, 0.05) is 21.5 Å². The molecule has 0 bridgehead atoms. The number of amidine groups is 1. The summed E-state index contributed by atoms with van der Waals surface area (Å²) in [4.78, 5) is 27.2. The van der Waals surface area contributed by atoms with Gasteiger partial charge in [-0.05, 0) is 55.6 Å². The fraction of sp³-hybridized carbons (Fsp3) is 0.350. The molecule has 8 nitrogen and oxygen atoms in total. The summed E-state index contributed by atoms with van der Waals surface area (Å²) in [5, 5.41) is 20.2. The number of nitrogens with zero attached hydrogens (tertiary/aromatic N) is 4. The minimum Gasteiger partial charge on any atom is -0.493 e. The largest absolute Gasteiger partial charge is 0.493 e. The Balaban J connectivity index is 1.79. The third-order valence-corrected chi connectivity index (χ3v) is 6.57. The molecule has 0 aliphatic carbocycles. The Hall–Kier alpha value is -2.46. The standard InChI is InChI=1S/C20H19BrN4O4S/c1-9-8-20(2,3)25-16-11(9)5-10(21)6-12(16)15(18(25)28)23-24-19-22-17(27)13(30-19)7-14(26)29-4/h5-7,9,28H,8H2,1-4H3. The van der Waals surface area contributed by atoms with Gasteiger partial charge in [0.1, 0.15) is 0 Å². The molecule has 2 aliphatic rings. The molecule has 0 saturated carbocycles. The summed E-state index contributed by atoms with van der Waals surface area (Å²) >= 11 is 4.48. The minimum atomic E-state index is -0.646. The van der Waals surface area contributed by atoms with Crippen LogP contribution in [0.3, 0.4) is 0 Å². The molecular formula is C20H19BrN4O4S. The van der Waals surface area contributed by atoms with Crippen LogP contribution in [0.15, 0.2) is 42.8 Å². The predicted molar refractivity (Wildman–Crippen MR) is 118 cm³/mol. The van der Waals surface area contributed by atoms with Crippen LogP contribution in [0.1, 0.15) is 38.7 Å². The van der Waals surface area contributed by atoms with E-state index in [0.29, 0.717) is 11.6 Å². The first kappa shape index (κ1) is 20.8. The highest BCUT2D eigenvalue weighted by Crippen LogP contribution is 2.51. The summed E-state index contributed by atoms with van der Waals surface area (Å²) in [7, 11) is 1.23. The van der Waals surface area contributed by atoms with E-state index < -0.39 is 11.9 Å². The summed E-state index contributed by atoms with van der Waals surface area (Å²) < 4.78 is 7.32. The zero-order chi connectivity index (χ0) is 21.8. The summed E-state index contributed by atoms with van der Waals surface area (Å²) in [6.45, 7) is 6.32. The summed E-state index contributed by atoms with van der Waals surface area (Å²) in [5.74, 6) is -0.897. The zero-order valence-corrected chi connectivity index (χ0v) is 19.2. The molecule has 1 unspecified atom stereocenters. The number of aromatic hydroxyl groups is 1. The number of azo groups is 1. The Morgan fingerprint density at radius 2 is 2.17 bits per heavy atom. The fourth-order valence-corrected chi connectivity index (χ4v) is 5.27. The van der Waals surface area contributed by atoms with E-state index in [1.54, 1.807) is 0 Å². The van der Waals surface area contributed by atoms with Crippen LogP contribution in [0.5, 0.6) is 5.88 Å². The Morgan fingerprint density at radius 3 is 2.87 bits per heavy atom. The number of ether oxygens (including phenoxy) is 1. The number of thioether (sulfide) groups is 1. The molecule has 3 heterocycles. The van der Waals surface area contributed by atoms with Gasteiger partial charge in [0.15, 0.2) is 5.69 Å². The number of benzene rings is 1. The Labute approximate surface area is 185 Å². The Bertz CT molecular complexity index is 1200. The van der Waals surface area contributed by atoms with Crippen molar-refractivity contribution in [1.29, 1.82) is 0 Å². The lowest BCUT2D eigenvalue weighted by Gasteiger charge is -2.36. The maximum Gasteiger partial charge on any atom is 0.331 e. The lowest BCUT2D eigenvalue weighted by molar-refractivity contribution is -0.135. The molecule has 30 heavy (non-hydrogen) atoms. The SMILES string of the molecule is COC(=O)C=C1SC(N=Nc2c(O)n3c4c(cc(Br)cc24)C(C)CC3(C)C)=NC1=O. The van der Waals surface area contributed by atoms with Crippen LogP contribution in [0.25, 0.3) is 10.9 Å². The van der Waals surface area contributed by atoms with Crippen molar-refractivity contribution in [2.45, 2.75) is 38.6 Å². The van der Waals surface area contributed by atoms with E-state index in [1.807, 2.05) is 10.6 Å². The van der Waals surface area contributed by atoms with Gasteiger partial charge in [-0.3, -0.25) is 4.79 Å². The molecule has 156 valence electrons. The maximum absolute atomic E-state index is 12.0. The fourth-order valence-electron chi connectivity index (χ4n) is 4.10. The van der Waals surface area contributed by atoms with Crippen molar-refractivity contribution < 1.29 is 19.4 Å². The second-order valence-corrected chi connectivity index (χ2v) is 9.77. The molecule has 0 spiro atoms. The molecule has 1 atom stereocenters. The van der Waals surface area contributed by atoms with Gasteiger partial charge < -0.3 is 14.4 Å². The van der Waals surface area contributed by atoms with Gasteiger partial charge in [0.2, 0.25) is 11.0 Å². The van der Waals surface area contributed by atoms with E-state index >= 15 is 0 Å². The highest BCUT2D eigenvalue weighted by atomic mass is 79.9. The van der Waals surface area contributed by atoms with Gasteiger partial charge in [0.25, 0.3) is 5.91 Å². The van der Waals surface area contributed by atoms with Crippen molar-refractivity contribution in [2.75, 3.05) is 7.11 Å². The predicted octanol–water partition coefficient (Wildman–Crippen LogP) is 5.12. The molecule has 2 aromatic rings. The quantitative estimate of drug-likeness (QED) is 0.357. The number of rotatable bonds is 2. The van der Waals surface area contributed by atoms with Crippen molar-refractivity contribution in [3.8, 4) is 5.88 Å². The van der Waals surface area contributed by atoms with Gasteiger partial charge in [-0.25, -0.2) is 4.79 Å². The normalized spacial score (nSPS) is 21.6. The number of amides is 1. The molecule has 1 N–H and O–H groups in total. The van der Waals surface area contributed by atoms with Crippen molar-refractivity contribution in [3.05, 3.63) is 33.2 Å². The van der Waals surface area contributed by atoms with Crippen LogP contribution in [-0.2, 0) is 19.9 Å². The first-order valence-corrected chi connectivity index (χ1v) is 10.8. The number of aliphatic imine (C=N–C) groups is 1. The van der Waals surface area contributed by atoms with Crippen molar-refractivity contribution in [3.63, 3.8) is 0 Å². The van der Waals surface area contributed by atoms with E-state index in [-0.39, 0.29) is 21.5 Å². The summed E-state index contributed by atoms with van der Waals surface area (Å²) in [6.07, 6.45) is 1.93. The molecule has 0 fully saturated rings. The second-order valence-electron chi connectivity index (χ2n) is 7.85. The number of aromatic nitrogens is 1. The number of esters is 1. The third kappa shape index (κ3) is 3.37. The van der Waals surface area contributed by atoms with Crippen molar-refractivity contribution in [1.82, 2.24) is 4.57 Å². The molecule has 10 heteroatoms. The molecule has 2 aliphatic heterocycles. The molecule has 0 radical (unpaired) electrons. The van der Waals surface area contributed by atoms with Crippen LogP contribution in [0, 0.1) is 0 Å². The van der Waals surface area contributed by atoms with Gasteiger partial charge in [-0.2, -0.15) is 4.99 Å². The molecule has 0 saturated heterocycles. The lowest BCUT2D eigenvalue weighted by Crippen LogP contribution is -2.31. The number of carbonyl (C=O) groups excluding carboxylic acids is 2. The highest BCUT2D eigenvalue weighted by molar-refractivity contribution is 9.10. The van der Waals surface area contributed by atoms with Crippen LogP contribution in [0.4, 0.5) is 5.69 Å². The summed E-state index contributed by atoms with van der Waals surface area (Å²) in [6, 6.07) is 3.97. The monoisotopic (exact) mass is 490 g/mol. The van der Waals surface area contributed by atoms with E-state index in [1.165, 1.54) is 7.11 Å².